The molecule has 0 saturated carbocycles. The van der Waals surface area contributed by atoms with Crippen LogP contribution >= 0.6 is 0 Å². The smallest absolute Gasteiger partial charge is 0.323 e. The fourth-order valence-corrected chi connectivity index (χ4v) is 2.52. The van der Waals surface area contributed by atoms with E-state index in [0.29, 0.717) is 0 Å². The fraction of sp³-hybridized carbons (Fsp3) is 0.857. The number of amides is 2. The molecular weight excluding hydrogens is 258 g/mol. The summed E-state index contributed by atoms with van der Waals surface area (Å²) in [5, 5.41) is 8.98. The molecule has 1 rings (SSSR count). The van der Waals surface area contributed by atoms with Gasteiger partial charge in [-0.25, -0.2) is 4.79 Å². The Morgan fingerprint density at radius 2 is 1.90 bits per heavy atom. The van der Waals surface area contributed by atoms with Crippen LogP contribution in [0.1, 0.15) is 33.1 Å². The summed E-state index contributed by atoms with van der Waals surface area (Å²) >= 11 is 0. The van der Waals surface area contributed by atoms with Gasteiger partial charge in [0.1, 0.15) is 6.54 Å². The van der Waals surface area contributed by atoms with Gasteiger partial charge in [-0.15, -0.1) is 0 Å². The first-order valence-corrected chi connectivity index (χ1v) is 7.30. The molecule has 0 aromatic rings. The summed E-state index contributed by atoms with van der Waals surface area (Å²) in [5.41, 5.74) is 0. The van der Waals surface area contributed by atoms with Crippen LogP contribution in [0, 0.1) is 0 Å². The van der Waals surface area contributed by atoms with Crippen molar-refractivity contribution in [3.8, 4) is 0 Å². The van der Waals surface area contributed by atoms with E-state index in [9.17, 15) is 9.59 Å². The third-order valence-corrected chi connectivity index (χ3v) is 4.21. The molecule has 2 amide bonds. The van der Waals surface area contributed by atoms with Crippen molar-refractivity contribution >= 4 is 12.0 Å². The van der Waals surface area contributed by atoms with E-state index in [1.54, 1.807) is 11.9 Å². The summed E-state index contributed by atoms with van der Waals surface area (Å²) in [5.74, 6) is -0.963. The minimum Gasteiger partial charge on any atom is -0.480 e. The zero-order valence-electron chi connectivity index (χ0n) is 13.0. The molecule has 1 aliphatic rings. The van der Waals surface area contributed by atoms with Gasteiger partial charge in [-0.3, -0.25) is 4.79 Å². The second kappa shape index (κ2) is 7.47. The Morgan fingerprint density at radius 3 is 2.35 bits per heavy atom. The molecule has 0 spiro atoms. The van der Waals surface area contributed by atoms with Crippen molar-refractivity contribution in [1.82, 2.24) is 14.7 Å². The predicted octanol–water partition coefficient (Wildman–Crippen LogP) is 1.32. The monoisotopic (exact) mass is 285 g/mol. The van der Waals surface area contributed by atoms with Crippen molar-refractivity contribution in [3.63, 3.8) is 0 Å². The molecule has 0 bridgehead atoms. The number of carbonyl (C=O) groups excluding carboxylic acids is 1. The lowest BCUT2D eigenvalue weighted by molar-refractivity contribution is -0.138. The third-order valence-electron chi connectivity index (χ3n) is 4.21. The molecule has 0 aromatic heterocycles. The predicted molar refractivity (Wildman–Crippen MR) is 77.8 cm³/mol. The SMILES string of the molecule is CCC(C)N(CC(=O)O)C(=O)N(C)C1CCN(C)CC1. The molecule has 0 radical (unpaired) electrons. The van der Waals surface area contributed by atoms with Crippen LogP contribution in [0.3, 0.4) is 0 Å². The number of nitrogens with zero attached hydrogens (tertiary/aromatic N) is 3. The summed E-state index contributed by atoms with van der Waals surface area (Å²) < 4.78 is 0. The lowest BCUT2D eigenvalue weighted by atomic mass is 10.0. The molecule has 20 heavy (non-hydrogen) atoms. The van der Waals surface area contributed by atoms with E-state index in [1.165, 1.54) is 4.90 Å². The van der Waals surface area contributed by atoms with Gasteiger partial charge < -0.3 is 19.8 Å². The molecule has 116 valence electrons. The van der Waals surface area contributed by atoms with Crippen LogP contribution in [0.25, 0.3) is 0 Å². The number of hydrogen-bond acceptors (Lipinski definition) is 3. The van der Waals surface area contributed by atoms with Gasteiger partial charge in [0.2, 0.25) is 0 Å². The number of aliphatic carboxylic acids is 1. The Labute approximate surface area is 121 Å². The van der Waals surface area contributed by atoms with Crippen LogP contribution in [0.2, 0.25) is 0 Å². The second-order valence-electron chi connectivity index (χ2n) is 5.71. The number of urea groups is 1. The highest BCUT2D eigenvalue weighted by atomic mass is 16.4. The summed E-state index contributed by atoms with van der Waals surface area (Å²) in [4.78, 5) is 28.9. The highest BCUT2D eigenvalue weighted by molar-refractivity contribution is 5.80. The summed E-state index contributed by atoms with van der Waals surface area (Å²) in [6.07, 6.45) is 2.64. The molecule has 0 aliphatic carbocycles. The summed E-state index contributed by atoms with van der Waals surface area (Å²) in [6.45, 7) is 5.57. The van der Waals surface area contributed by atoms with Gasteiger partial charge in [-0.2, -0.15) is 0 Å². The number of carboxylic acid groups (broad SMARTS) is 1. The van der Waals surface area contributed by atoms with Crippen molar-refractivity contribution in [2.24, 2.45) is 0 Å². The van der Waals surface area contributed by atoms with Gasteiger partial charge in [-0.1, -0.05) is 6.92 Å². The Morgan fingerprint density at radius 1 is 1.35 bits per heavy atom. The molecular formula is C14H27N3O3. The molecule has 1 fully saturated rings. The van der Waals surface area contributed by atoms with E-state index in [4.69, 9.17) is 5.11 Å². The maximum Gasteiger partial charge on any atom is 0.323 e. The van der Waals surface area contributed by atoms with Crippen molar-refractivity contribution < 1.29 is 14.7 Å². The maximum absolute atomic E-state index is 12.5. The number of carboxylic acids is 1. The topological polar surface area (TPSA) is 64.1 Å². The molecule has 6 heteroatoms. The van der Waals surface area contributed by atoms with Crippen molar-refractivity contribution in [3.05, 3.63) is 0 Å². The average Bonchev–Trinajstić information content (AvgIpc) is 2.43. The Bertz CT molecular complexity index is 341. The molecule has 1 atom stereocenters. The van der Waals surface area contributed by atoms with Gasteiger partial charge in [0, 0.05) is 19.1 Å². The molecule has 1 unspecified atom stereocenters. The quantitative estimate of drug-likeness (QED) is 0.827. The summed E-state index contributed by atoms with van der Waals surface area (Å²) in [6, 6.07) is -0.0253. The van der Waals surface area contributed by atoms with E-state index in [0.717, 1.165) is 32.4 Å². The average molecular weight is 285 g/mol. The molecule has 1 heterocycles. The van der Waals surface area contributed by atoms with Gasteiger partial charge in [0.15, 0.2) is 0 Å². The van der Waals surface area contributed by atoms with E-state index >= 15 is 0 Å². The van der Waals surface area contributed by atoms with E-state index < -0.39 is 5.97 Å². The first kappa shape index (κ1) is 16.8. The maximum atomic E-state index is 12.5. The van der Waals surface area contributed by atoms with Crippen LogP contribution in [0.4, 0.5) is 4.79 Å². The minimum absolute atomic E-state index is 0.0627. The molecule has 1 aliphatic heterocycles. The van der Waals surface area contributed by atoms with Crippen LogP contribution in [0.15, 0.2) is 0 Å². The first-order chi connectivity index (χ1) is 9.36. The van der Waals surface area contributed by atoms with Crippen molar-refractivity contribution in [2.75, 3.05) is 33.7 Å². The molecule has 1 saturated heterocycles. The zero-order chi connectivity index (χ0) is 15.3. The first-order valence-electron chi connectivity index (χ1n) is 7.30. The van der Waals surface area contributed by atoms with Gasteiger partial charge >= 0.3 is 12.0 Å². The van der Waals surface area contributed by atoms with E-state index in [2.05, 4.69) is 11.9 Å². The minimum atomic E-state index is -0.963. The second-order valence-corrected chi connectivity index (χ2v) is 5.71. The van der Waals surface area contributed by atoms with Crippen molar-refractivity contribution in [2.45, 2.75) is 45.2 Å². The largest absolute Gasteiger partial charge is 0.480 e. The van der Waals surface area contributed by atoms with Crippen LogP contribution in [-0.2, 0) is 4.79 Å². The normalized spacial score (nSPS) is 18.6. The van der Waals surface area contributed by atoms with Crippen LogP contribution < -0.4 is 0 Å². The van der Waals surface area contributed by atoms with E-state index in [-0.39, 0.29) is 24.7 Å². The van der Waals surface area contributed by atoms with E-state index in [1.807, 2.05) is 13.8 Å². The number of hydrogen-bond donors (Lipinski definition) is 1. The van der Waals surface area contributed by atoms with Gasteiger partial charge in [0.25, 0.3) is 0 Å². The number of likely N-dealkylation sites (tertiary alicyclic amines) is 1. The molecule has 1 N–H and O–H groups in total. The Balaban J connectivity index is 2.70. The van der Waals surface area contributed by atoms with Crippen LogP contribution in [-0.4, -0.2) is 77.6 Å². The summed E-state index contributed by atoms with van der Waals surface area (Å²) in [7, 11) is 3.86. The fourth-order valence-electron chi connectivity index (χ4n) is 2.52. The lowest BCUT2D eigenvalue weighted by Gasteiger charge is -2.38. The van der Waals surface area contributed by atoms with Crippen molar-refractivity contribution in [1.29, 1.82) is 0 Å². The van der Waals surface area contributed by atoms with Crippen LogP contribution in [0.5, 0.6) is 0 Å². The standard InChI is InChI=1S/C14H27N3O3/c1-5-11(2)17(10-13(18)19)14(20)16(4)12-6-8-15(3)9-7-12/h11-12H,5-10H2,1-4H3,(H,18,19). The Kier molecular flexibility index (Phi) is 6.26. The highest BCUT2D eigenvalue weighted by Crippen LogP contribution is 2.17. The third kappa shape index (κ3) is 4.37. The molecule has 0 aromatic carbocycles. The zero-order valence-corrected chi connectivity index (χ0v) is 13.0. The van der Waals surface area contributed by atoms with Gasteiger partial charge in [-0.05, 0) is 46.3 Å². The number of carbonyl (C=O) groups is 2. The number of rotatable bonds is 5. The van der Waals surface area contributed by atoms with Gasteiger partial charge in [0.05, 0.1) is 0 Å². The highest BCUT2D eigenvalue weighted by Gasteiger charge is 2.30. The Hall–Kier alpha value is -1.30. The number of piperidine rings is 1. The lowest BCUT2D eigenvalue weighted by Crippen LogP contribution is -2.53. The molecule has 6 nitrogen and oxygen atoms in total.